The Bertz CT molecular complexity index is 1320. The van der Waals surface area contributed by atoms with Crippen molar-refractivity contribution in [2.75, 3.05) is 0 Å². The Labute approximate surface area is 170 Å². The number of benzene rings is 3. The number of aromatic amines is 2. The van der Waals surface area contributed by atoms with Crippen LogP contribution in [-0.2, 0) is 12.8 Å². The second-order valence-electron chi connectivity index (χ2n) is 8.47. The first-order valence-corrected chi connectivity index (χ1v) is 10.5. The first-order chi connectivity index (χ1) is 14.3. The maximum Gasteiger partial charge on any atom is 0.0458 e. The molecule has 0 radical (unpaired) electrons. The summed E-state index contributed by atoms with van der Waals surface area (Å²) in [5.41, 5.74) is 9.49. The average Bonchev–Trinajstić information content (AvgIpc) is 3.33. The molecule has 1 aliphatic rings. The van der Waals surface area contributed by atoms with Crippen LogP contribution in [0.1, 0.15) is 39.9 Å². The minimum atomic E-state index is 0.441. The Morgan fingerprint density at radius 2 is 1.55 bits per heavy atom. The minimum Gasteiger partial charge on any atom is -0.358 e. The van der Waals surface area contributed by atoms with Crippen molar-refractivity contribution in [3.8, 4) is 0 Å². The Morgan fingerprint density at radius 3 is 2.45 bits per heavy atom. The van der Waals surface area contributed by atoms with Gasteiger partial charge in [0.05, 0.1) is 0 Å². The topological polar surface area (TPSA) is 31.6 Å². The van der Waals surface area contributed by atoms with Crippen LogP contribution in [0.25, 0.3) is 21.8 Å². The molecule has 0 amide bonds. The minimum absolute atomic E-state index is 0.441. The molecule has 142 valence electrons. The molecule has 6 rings (SSSR count). The van der Waals surface area contributed by atoms with Crippen molar-refractivity contribution >= 4 is 21.8 Å². The van der Waals surface area contributed by atoms with E-state index in [2.05, 4.69) is 95.8 Å². The molecule has 2 heteroatoms. The van der Waals surface area contributed by atoms with E-state index in [4.69, 9.17) is 0 Å². The highest BCUT2D eigenvalue weighted by molar-refractivity contribution is 5.85. The van der Waals surface area contributed by atoms with Crippen LogP contribution in [0.15, 0.2) is 78.9 Å². The van der Waals surface area contributed by atoms with Crippen molar-refractivity contribution in [3.05, 3.63) is 107 Å². The van der Waals surface area contributed by atoms with Crippen LogP contribution < -0.4 is 0 Å². The molecule has 2 nitrogen and oxygen atoms in total. The van der Waals surface area contributed by atoms with Crippen LogP contribution in [0.4, 0.5) is 0 Å². The van der Waals surface area contributed by atoms with E-state index in [0.717, 1.165) is 12.8 Å². The first-order valence-electron chi connectivity index (χ1n) is 10.5. The van der Waals surface area contributed by atoms with Gasteiger partial charge >= 0.3 is 0 Å². The van der Waals surface area contributed by atoms with Crippen LogP contribution in [-0.4, -0.2) is 9.97 Å². The molecular weight excluding hydrogens is 352 g/mol. The Balaban J connectivity index is 1.52. The summed E-state index contributed by atoms with van der Waals surface area (Å²) in [4.78, 5) is 7.46. The number of aryl methyl sites for hydroxylation is 1. The third-order valence-electron chi connectivity index (χ3n) is 6.66. The number of aromatic nitrogens is 2. The predicted octanol–water partition coefficient (Wildman–Crippen LogP) is 6.62. The quantitative estimate of drug-likeness (QED) is 0.347. The Morgan fingerprint density at radius 1 is 0.724 bits per heavy atom. The van der Waals surface area contributed by atoms with Crippen molar-refractivity contribution in [1.29, 1.82) is 0 Å². The van der Waals surface area contributed by atoms with E-state index >= 15 is 0 Å². The molecule has 29 heavy (non-hydrogen) atoms. The Hall–Kier alpha value is -3.26. The fourth-order valence-corrected chi connectivity index (χ4v) is 5.24. The maximum atomic E-state index is 3.75. The molecule has 0 unspecified atom stereocenters. The molecule has 0 saturated heterocycles. The number of para-hydroxylation sites is 1. The van der Waals surface area contributed by atoms with Crippen LogP contribution >= 0.6 is 0 Å². The van der Waals surface area contributed by atoms with Gasteiger partial charge in [-0.3, -0.25) is 0 Å². The largest absolute Gasteiger partial charge is 0.358 e. The van der Waals surface area contributed by atoms with Crippen molar-refractivity contribution < 1.29 is 0 Å². The van der Waals surface area contributed by atoms with Crippen molar-refractivity contribution in [2.24, 2.45) is 0 Å². The van der Waals surface area contributed by atoms with E-state index in [9.17, 15) is 0 Å². The lowest BCUT2D eigenvalue weighted by atomic mass is 9.73. The molecule has 2 atom stereocenters. The molecule has 2 aromatic heterocycles. The predicted molar refractivity (Wildman–Crippen MR) is 121 cm³/mol. The van der Waals surface area contributed by atoms with Crippen molar-refractivity contribution in [2.45, 2.75) is 31.6 Å². The summed E-state index contributed by atoms with van der Waals surface area (Å²) in [5, 5.41) is 2.70. The van der Waals surface area contributed by atoms with Gasteiger partial charge in [-0.25, -0.2) is 0 Å². The summed E-state index contributed by atoms with van der Waals surface area (Å²) in [7, 11) is 0. The number of hydrogen-bond acceptors (Lipinski definition) is 0. The summed E-state index contributed by atoms with van der Waals surface area (Å²) in [6.45, 7) is 2.16. The van der Waals surface area contributed by atoms with Crippen LogP contribution in [0.2, 0.25) is 0 Å². The molecule has 3 aromatic carbocycles. The summed E-state index contributed by atoms with van der Waals surface area (Å²) in [5.74, 6) is 0.905. The highest BCUT2D eigenvalue weighted by Gasteiger charge is 2.33. The summed E-state index contributed by atoms with van der Waals surface area (Å²) >= 11 is 0. The van der Waals surface area contributed by atoms with E-state index in [0.29, 0.717) is 11.8 Å². The zero-order chi connectivity index (χ0) is 19.4. The van der Waals surface area contributed by atoms with Crippen LogP contribution in [0.5, 0.6) is 0 Å². The van der Waals surface area contributed by atoms with Crippen molar-refractivity contribution in [3.63, 3.8) is 0 Å². The molecule has 5 aromatic rings. The number of nitrogens with one attached hydrogen (secondary N) is 2. The van der Waals surface area contributed by atoms with Crippen LogP contribution in [0.3, 0.4) is 0 Å². The summed E-state index contributed by atoms with van der Waals surface area (Å²) < 4.78 is 0. The zero-order valence-corrected chi connectivity index (χ0v) is 16.6. The van der Waals surface area contributed by atoms with Gasteiger partial charge in [0.25, 0.3) is 0 Å². The molecule has 0 aliphatic heterocycles. The lowest BCUT2D eigenvalue weighted by molar-refractivity contribution is 0.491. The molecule has 0 fully saturated rings. The third-order valence-corrected chi connectivity index (χ3v) is 6.66. The van der Waals surface area contributed by atoms with E-state index in [1.165, 1.54) is 49.9 Å². The fourth-order valence-electron chi connectivity index (χ4n) is 5.24. The molecular formula is C27H24N2. The monoisotopic (exact) mass is 376 g/mol. The van der Waals surface area contributed by atoms with Gasteiger partial charge in [0.2, 0.25) is 0 Å². The molecule has 2 N–H and O–H groups in total. The van der Waals surface area contributed by atoms with Crippen molar-refractivity contribution in [1.82, 2.24) is 9.97 Å². The standard InChI is InChI=1S/C27H24N2/c1-17-11-12-24-19(13-17)14-26(28-24)23-15-22-20-9-5-6-10-25(20)29-27(22)16-21(23)18-7-3-2-4-8-18/h2-14,21,23,28-29H,15-16H2,1H3/t21-,23-/m0/s1. The Kier molecular flexibility index (Phi) is 3.67. The van der Waals surface area contributed by atoms with Gasteiger partial charge in [-0.05, 0) is 66.5 Å². The SMILES string of the molecule is Cc1ccc2[nH]c([C@H]3Cc4c([nH]c5ccccc45)C[C@H]3c3ccccc3)cc2c1. The molecule has 1 aliphatic carbocycles. The third kappa shape index (κ3) is 2.71. The lowest BCUT2D eigenvalue weighted by Crippen LogP contribution is -2.22. The number of fused-ring (bicyclic) bond motifs is 4. The van der Waals surface area contributed by atoms with E-state index in [1.807, 2.05) is 0 Å². The van der Waals surface area contributed by atoms with Gasteiger partial charge in [0.1, 0.15) is 0 Å². The maximum absolute atomic E-state index is 3.75. The number of hydrogen-bond donors (Lipinski definition) is 2. The van der Waals surface area contributed by atoms with Gasteiger partial charge in [0, 0.05) is 33.7 Å². The van der Waals surface area contributed by atoms with Crippen LogP contribution in [0, 0.1) is 6.92 Å². The lowest BCUT2D eigenvalue weighted by Gasteiger charge is -2.32. The average molecular weight is 377 g/mol. The highest BCUT2D eigenvalue weighted by atomic mass is 14.8. The fraction of sp³-hybridized carbons (Fsp3) is 0.185. The number of rotatable bonds is 2. The summed E-state index contributed by atoms with van der Waals surface area (Å²) in [6, 6.07) is 28.8. The number of H-pyrrole nitrogens is 2. The highest BCUT2D eigenvalue weighted by Crippen LogP contribution is 2.45. The van der Waals surface area contributed by atoms with Gasteiger partial charge in [-0.15, -0.1) is 0 Å². The molecule has 0 saturated carbocycles. The smallest absolute Gasteiger partial charge is 0.0458 e. The van der Waals surface area contributed by atoms with Gasteiger partial charge in [-0.2, -0.15) is 0 Å². The second-order valence-corrected chi connectivity index (χ2v) is 8.47. The summed E-state index contributed by atoms with van der Waals surface area (Å²) in [6.07, 6.45) is 2.11. The second kappa shape index (κ2) is 6.38. The van der Waals surface area contributed by atoms with E-state index in [-0.39, 0.29) is 0 Å². The van der Waals surface area contributed by atoms with E-state index < -0.39 is 0 Å². The molecule has 0 spiro atoms. The van der Waals surface area contributed by atoms with Gasteiger partial charge in [0.15, 0.2) is 0 Å². The first kappa shape index (κ1) is 16.7. The zero-order valence-electron chi connectivity index (χ0n) is 16.6. The van der Waals surface area contributed by atoms with E-state index in [1.54, 1.807) is 0 Å². The molecule has 0 bridgehead atoms. The normalized spacial score (nSPS) is 18.9. The molecule has 2 heterocycles. The van der Waals surface area contributed by atoms with Gasteiger partial charge in [-0.1, -0.05) is 60.2 Å². The van der Waals surface area contributed by atoms with Gasteiger partial charge < -0.3 is 9.97 Å².